The first-order valence-electron chi connectivity index (χ1n) is 7.86. The van der Waals surface area contributed by atoms with Gasteiger partial charge in [0.2, 0.25) is 11.9 Å². The predicted molar refractivity (Wildman–Crippen MR) is 90.7 cm³/mol. The van der Waals surface area contributed by atoms with Crippen molar-refractivity contribution in [1.29, 1.82) is 0 Å². The zero-order valence-corrected chi connectivity index (χ0v) is 14.0. The van der Waals surface area contributed by atoms with Gasteiger partial charge in [-0.25, -0.2) is 13.2 Å². The molecule has 26 heavy (non-hydrogen) atoms. The summed E-state index contributed by atoms with van der Waals surface area (Å²) in [6.45, 7) is 3.22. The minimum atomic E-state index is -1.16. The maximum absolute atomic E-state index is 14.6. The Kier molecular flexibility index (Phi) is 4.63. The number of halogens is 4. The molecule has 0 unspecified atom stereocenters. The number of amides is 1. The first-order valence-corrected chi connectivity index (χ1v) is 7.86. The van der Waals surface area contributed by atoms with Crippen molar-refractivity contribution in [2.75, 3.05) is 5.32 Å². The Morgan fingerprint density at radius 2 is 1.85 bits per heavy atom. The molecule has 0 atom stereocenters. The standard InChI is InChI=1S/C19H14F4N2O/c1-3-15(26)24-19-17(22)16-13(18(23)25-19)6-10(7-14(16)21)12-8-11(20)5-4-9(12)2/h4-8H,3H2,1-2H3,(H,24,25,26). The third kappa shape index (κ3) is 3.12. The number of hydrogen-bond donors (Lipinski definition) is 1. The van der Waals surface area contributed by atoms with E-state index in [-0.39, 0.29) is 12.0 Å². The summed E-state index contributed by atoms with van der Waals surface area (Å²) in [6.07, 6.45) is 0.0288. The van der Waals surface area contributed by atoms with Gasteiger partial charge in [-0.1, -0.05) is 13.0 Å². The van der Waals surface area contributed by atoms with Gasteiger partial charge < -0.3 is 5.32 Å². The number of carbonyl (C=O) groups is 1. The van der Waals surface area contributed by atoms with Crippen LogP contribution in [0, 0.1) is 30.3 Å². The van der Waals surface area contributed by atoms with E-state index in [1.807, 2.05) is 0 Å². The van der Waals surface area contributed by atoms with Crippen LogP contribution in [-0.4, -0.2) is 10.9 Å². The van der Waals surface area contributed by atoms with Gasteiger partial charge in [-0.2, -0.15) is 9.37 Å². The molecule has 0 saturated heterocycles. The number of fused-ring (bicyclic) bond motifs is 1. The smallest absolute Gasteiger partial charge is 0.225 e. The number of pyridine rings is 1. The van der Waals surface area contributed by atoms with Gasteiger partial charge in [-0.3, -0.25) is 4.79 Å². The number of nitrogens with zero attached hydrogens (tertiary/aromatic N) is 1. The monoisotopic (exact) mass is 362 g/mol. The lowest BCUT2D eigenvalue weighted by Crippen LogP contribution is -2.13. The molecule has 3 rings (SSSR count). The van der Waals surface area contributed by atoms with Crippen molar-refractivity contribution < 1.29 is 22.4 Å². The number of anilines is 1. The molecule has 0 aliphatic rings. The summed E-state index contributed by atoms with van der Waals surface area (Å²) < 4.78 is 57.0. The van der Waals surface area contributed by atoms with E-state index in [0.29, 0.717) is 11.1 Å². The van der Waals surface area contributed by atoms with Gasteiger partial charge >= 0.3 is 0 Å². The Hall–Kier alpha value is -2.96. The number of hydrogen-bond acceptors (Lipinski definition) is 2. The zero-order chi connectivity index (χ0) is 19.0. The van der Waals surface area contributed by atoms with Gasteiger partial charge in [0, 0.05) is 11.8 Å². The Morgan fingerprint density at radius 1 is 1.12 bits per heavy atom. The fourth-order valence-corrected chi connectivity index (χ4v) is 2.68. The van der Waals surface area contributed by atoms with Crippen LogP contribution in [0.4, 0.5) is 23.4 Å². The van der Waals surface area contributed by atoms with E-state index in [1.54, 1.807) is 6.92 Å². The summed E-state index contributed by atoms with van der Waals surface area (Å²) in [7, 11) is 0. The molecule has 7 heteroatoms. The highest BCUT2D eigenvalue weighted by molar-refractivity contribution is 5.95. The summed E-state index contributed by atoms with van der Waals surface area (Å²) >= 11 is 0. The average molecular weight is 362 g/mol. The van der Waals surface area contributed by atoms with E-state index in [1.165, 1.54) is 31.2 Å². The minimum absolute atomic E-state index is 0.0288. The maximum Gasteiger partial charge on any atom is 0.225 e. The van der Waals surface area contributed by atoms with Crippen molar-refractivity contribution in [3.63, 3.8) is 0 Å². The van der Waals surface area contributed by atoms with Crippen molar-refractivity contribution in [3.05, 3.63) is 59.3 Å². The van der Waals surface area contributed by atoms with Gasteiger partial charge in [0.15, 0.2) is 11.6 Å². The summed E-state index contributed by atoms with van der Waals surface area (Å²) in [4.78, 5) is 14.8. The molecule has 1 N–H and O–H groups in total. The summed E-state index contributed by atoms with van der Waals surface area (Å²) in [6, 6.07) is 6.15. The van der Waals surface area contributed by atoms with E-state index >= 15 is 0 Å². The molecule has 1 aromatic heterocycles. The molecule has 0 aliphatic heterocycles. The second-order valence-corrected chi connectivity index (χ2v) is 5.81. The molecule has 1 heterocycles. The van der Waals surface area contributed by atoms with Gasteiger partial charge in [0.25, 0.3) is 0 Å². The van der Waals surface area contributed by atoms with Gasteiger partial charge in [0.05, 0.1) is 5.39 Å². The van der Waals surface area contributed by atoms with Gasteiger partial charge in [-0.05, 0) is 47.9 Å². The molecule has 134 valence electrons. The van der Waals surface area contributed by atoms with Crippen LogP contribution in [-0.2, 0) is 4.79 Å². The molecule has 0 spiro atoms. The van der Waals surface area contributed by atoms with Crippen LogP contribution < -0.4 is 5.32 Å². The summed E-state index contributed by atoms with van der Waals surface area (Å²) in [5, 5.41) is 1.09. The molecule has 0 fully saturated rings. The van der Waals surface area contributed by atoms with Crippen molar-refractivity contribution in [1.82, 2.24) is 4.98 Å². The van der Waals surface area contributed by atoms with Crippen LogP contribution in [0.2, 0.25) is 0 Å². The first kappa shape index (κ1) is 17.8. The van der Waals surface area contributed by atoms with Crippen LogP contribution in [0.25, 0.3) is 21.9 Å². The number of aromatic nitrogens is 1. The number of carbonyl (C=O) groups excluding carboxylic acids is 1. The molecule has 0 saturated carbocycles. The number of benzene rings is 2. The Labute approximate surface area is 146 Å². The first-order chi connectivity index (χ1) is 12.3. The second-order valence-electron chi connectivity index (χ2n) is 5.81. The molecular weight excluding hydrogens is 348 g/mol. The summed E-state index contributed by atoms with van der Waals surface area (Å²) in [5.74, 6) is -5.12. The topological polar surface area (TPSA) is 42.0 Å². The number of nitrogens with one attached hydrogen (secondary N) is 1. The van der Waals surface area contributed by atoms with Crippen molar-refractivity contribution in [2.24, 2.45) is 0 Å². The van der Waals surface area contributed by atoms with Gasteiger partial charge in [0.1, 0.15) is 11.6 Å². The highest BCUT2D eigenvalue weighted by Crippen LogP contribution is 2.33. The van der Waals surface area contributed by atoms with Crippen LogP contribution in [0.5, 0.6) is 0 Å². The number of rotatable bonds is 3. The molecule has 0 radical (unpaired) electrons. The predicted octanol–water partition coefficient (Wildman–Crippen LogP) is 5.12. The maximum atomic E-state index is 14.6. The molecule has 0 aliphatic carbocycles. The van der Waals surface area contributed by atoms with Crippen LogP contribution in [0.3, 0.4) is 0 Å². The summed E-state index contributed by atoms with van der Waals surface area (Å²) in [5.41, 5.74) is 1.19. The van der Waals surface area contributed by atoms with Crippen LogP contribution in [0.15, 0.2) is 30.3 Å². The second kappa shape index (κ2) is 6.74. The lowest BCUT2D eigenvalue weighted by Gasteiger charge is -2.12. The Bertz CT molecular complexity index is 1030. The molecule has 0 bridgehead atoms. The number of aryl methyl sites for hydroxylation is 1. The Morgan fingerprint density at radius 3 is 2.54 bits per heavy atom. The van der Waals surface area contributed by atoms with E-state index in [4.69, 9.17) is 0 Å². The third-order valence-electron chi connectivity index (χ3n) is 4.04. The Balaban J connectivity index is 2.24. The van der Waals surface area contributed by atoms with Crippen molar-refractivity contribution in [2.45, 2.75) is 20.3 Å². The molecule has 2 aromatic carbocycles. The van der Waals surface area contributed by atoms with E-state index < -0.39 is 45.9 Å². The highest BCUT2D eigenvalue weighted by Gasteiger charge is 2.20. The normalized spacial score (nSPS) is 11.0. The van der Waals surface area contributed by atoms with Crippen molar-refractivity contribution in [3.8, 4) is 11.1 Å². The fourth-order valence-electron chi connectivity index (χ4n) is 2.68. The average Bonchev–Trinajstić information content (AvgIpc) is 2.60. The zero-order valence-electron chi connectivity index (χ0n) is 14.0. The highest BCUT2D eigenvalue weighted by atomic mass is 19.1. The van der Waals surface area contributed by atoms with E-state index in [0.717, 1.165) is 6.07 Å². The lowest BCUT2D eigenvalue weighted by atomic mass is 9.97. The third-order valence-corrected chi connectivity index (χ3v) is 4.04. The van der Waals surface area contributed by atoms with Gasteiger partial charge in [-0.15, -0.1) is 0 Å². The largest absolute Gasteiger partial charge is 0.308 e. The van der Waals surface area contributed by atoms with E-state index in [9.17, 15) is 22.4 Å². The fraction of sp³-hybridized carbons (Fsp3) is 0.158. The lowest BCUT2D eigenvalue weighted by molar-refractivity contribution is -0.115. The van der Waals surface area contributed by atoms with E-state index in [2.05, 4.69) is 10.3 Å². The molecule has 1 amide bonds. The molecule has 3 aromatic rings. The SMILES string of the molecule is CCC(=O)Nc1nc(F)c2cc(-c3cc(F)ccc3C)cc(F)c2c1F. The molecule has 3 nitrogen and oxygen atoms in total. The van der Waals surface area contributed by atoms with Crippen LogP contribution >= 0.6 is 0 Å². The van der Waals surface area contributed by atoms with Crippen molar-refractivity contribution >= 4 is 22.5 Å². The quantitative estimate of drug-likeness (QED) is 0.519. The van der Waals surface area contributed by atoms with Crippen LogP contribution in [0.1, 0.15) is 18.9 Å². The minimum Gasteiger partial charge on any atom is -0.308 e. The molecular formula is C19H14F4N2O.